The summed E-state index contributed by atoms with van der Waals surface area (Å²) in [5.74, 6) is 0.0526. The second-order valence-corrected chi connectivity index (χ2v) is 9.19. The number of fused-ring (bicyclic) bond motifs is 2. The second-order valence-electron chi connectivity index (χ2n) is 8.45. The van der Waals surface area contributed by atoms with Crippen molar-refractivity contribution in [2.45, 2.75) is 32.9 Å². The van der Waals surface area contributed by atoms with Crippen LogP contribution in [0.15, 0.2) is 36.5 Å². The Morgan fingerprint density at radius 1 is 1.17 bits per heavy atom. The van der Waals surface area contributed by atoms with Crippen LogP contribution in [0.25, 0.3) is 11.0 Å². The van der Waals surface area contributed by atoms with Gasteiger partial charge in [0.05, 0.1) is 19.0 Å². The third-order valence-corrected chi connectivity index (χ3v) is 6.82. The van der Waals surface area contributed by atoms with E-state index in [9.17, 15) is 4.39 Å². The molecule has 0 radical (unpaired) electrons. The molecular weight excluding hydrogens is 490 g/mol. The molecule has 0 atom stereocenters. The van der Waals surface area contributed by atoms with Gasteiger partial charge in [-0.05, 0) is 60.7 Å². The van der Waals surface area contributed by atoms with Gasteiger partial charge in [-0.25, -0.2) is 4.39 Å². The summed E-state index contributed by atoms with van der Waals surface area (Å²) in [4.78, 5) is 11.0. The molecule has 1 aliphatic rings. The highest BCUT2D eigenvalue weighted by Gasteiger charge is 2.18. The molecule has 0 saturated heterocycles. The van der Waals surface area contributed by atoms with Crippen LogP contribution in [0.1, 0.15) is 30.0 Å². The fourth-order valence-electron chi connectivity index (χ4n) is 4.52. The predicted octanol–water partition coefficient (Wildman–Crippen LogP) is 5.71. The van der Waals surface area contributed by atoms with E-state index in [2.05, 4.69) is 50.4 Å². The van der Waals surface area contributed by atoms with Gasteiger partial charge in [0.15, 0.2) is 17.2 Å². The molecule has 7 nitrogen and oxygen atoms in total. The maximum absolute atomic E-state index is 14.7. The normalized spacial score (nSPS) is 13.2. The number of benzene rings is 2. The Morgan fingerprint density at radius 2 is 2.03 bits per heavy atom. The van der Waals surface area contributed by atoms with Crippen LogP contribution in [0.4, 0.5) is 15.9 Å². The van der Waals surface area contributed by atoms with Gasteiger partial charge >= 0.3 is 0 Å². The largest absolute Gasteiger partial charge is 0.494 e. The molecule has 0 saturated carbocycles. The first kappa shape index (κ1) is 23.6. The van der Waals surface area contributed by atoms with E-state index in [1.165, 1.54) is 30.8 Å². The molecule has 0 fully saturated rings. The summed E-state index contributed by atoms with van der Waals surface area (Å²) in [6.07, 6.45) is 4.16. The maximum Gasteiger partial charge on any atom is 0.226 e. The van der Waals surface area contributed by atoms with Gasteiger partial charge in [-0.2, -0.15) is 15.1 Å². The number of anilines is 2. The van der Waals surface area contributed by atoms with Crippen molar-refractivity contribution in [3.05, 3.63) is 69.3 Å². The van der Waals surface area contributed by atoms with Gasteiger partial charge in [0.25, 0.3) is 0 Å². The van der Waals surface area contributed by atoms with E-state index in [1.807, 2.05) is 10.9 Å². The van der Waals surface area contributed by atoms with Gasteiger partial charge in [-0.15, -0.1) is 0 Å². The lowest BCUT2D eigenvalue weighted by Crippen LogP contribution is -2.29. The van der Waals surface area contributed by atoms with Crippen LogP contribution < -0.4 is 15.0 Å². The van der Waals surface area contributed by atoms with Crippen LogP contribution >= 0.6 is 23.2 Å². The van der Waals surface area contributed by atoms with E-state index < -0.39 is 5.82 Å². The van der Waals surface area contributed by atoms with E-state index in [1.54, 1.807) is 6.07 Å². The third-order valence-electron chi connectivity index (χ3n) is 6.29. The zero-order chi connectivity index (χ0) is 24.5. The van der Waals surface area contributed by atoms with Crippen LogP contribution in [0, 0.1) is 5.82 Å². The minimum atomic E-state index is -0.520. The highest BCUT2D eigenvalue weighted by Crippen LogP contribution is 2.30. The Labute approximate surface area is 212 Å². The smallest absolute Gasteiger partial charge is 0.226 e. The molecule has 4 aromatic rings. The molecule has 0 aliphatic carbocycles. The van der Waals surface area contributed by atoms with Crippen molar-refractivity contribution in [2.75, 3.05) is 30.4 Å². The summed E-state index contributed by atoms with van der Waals surface area (Å²) >= 11 is 12.4. The molecule has 5 rings (SSSR count). The average Bonchev–Trinajstić information content (AvgIpc) is 3.25. The van der Waals surface area contributed by atoms with Crippen molar-refractivity contribution in [3.63, 3.8) is 0 Å². The molecule has 35 heavy (non-hydrogen) atoms. The molecule has 1 aliphatic heterocycles. The minimum absolute atomic E-state index is 0.0508. The standard InChI is InChI=1S/C25H25Cl2FN6O/c1-3-33-10-4-5-16-7-6-15(11-20(16)33)13-34-14-18-23(30-25(27)31-24(18)32-34)29-12-17-19(26)8-9-21(35-2)22(17)28/h6-9,11,14H,3-5,10,12-13H2,1-2H3,(H,29,30,31,32). The molecule has 0 unspecified atom stereocenters. The molecule has 182 valence electrons. The van der Waals surface area contributed by atoms with E-state index >= 15 is 0 Å². The number of hydrogen-bond donors (Lipinski definition) is 1. The third kappa shape index (κ3) is 4.73. The zero-order valence-electron chi connectivity index (χ0n) is 19.5. The topological polar surface area (TPSA) is 68.1 Å². The number of methoxy groups -OCH3 is 1. The monoisotopic (exact) mass is 514 g/mol. The average molecular weight is 515 g/mol. The van der Waals surface area contributed by atoms with Gasteiger partial charge in [-0.1, -0.05) is 23.7 Å². The number of aromatic nitrogens is 4. The first-order chi connectivity index (χ1) is 17.0. The van der Waals surface area contributed by atoms with Crippen molar-refractivity contribution >= 4 is 45.7 Å². The fourth-order valence-corrected chi connectivity index (χ4v) is 4.90. The Morgan fingerprint density at radius 3 is 2.83 bits per heavy atom. The van der Waals surface area contributed by atoms with Gasteiger partial charge < -0.3 is 15.0 Å². The zero-order valence-corrected chi connectivity index (χ0v) is 21.0. The molecule has 2 aromatic carbocycles. The number of aryl methyl sites for hydroxylation is 1. The Hall–Kier alpha value is -3.10. The maximum atomic E-state index is 14.7. The van der Waals surface area contributed by atoms with Crippen molar-refractivity contribution in [2.24, 2.45) is 0 Å². The van der Waals surface area contributed by atoms with E-state index in [0.717, 1.165) is 25.1 Å². The summed E-state index contributed by atoms with van der Waals surface area (Å²) < 4.78 is 21.6. The molecule has 10 heteroatoms. The van der Waals surface area contributed by atoms with Gasteiger partial charge in [-0.3, -0.25) is 4.68 Å². The van der Waals surface area contributed by atoms with Crippen molar-refractivity contribution in [1.82, 2.24) is 19.7 Å². The van der Waals surface area contributed by atoms with Crippen LogP contribution in [-0.2, 0) is 19.5 Å². The van der Waals surface area contributed by atoms with E-state index in [0.29, 0.717) is 23.4 Å². The minimum Gasteiger partial charge on any atom is -0.494 e. The lowest BCUT2D eigenvalue weighted by Gasteiger charge is -2.30. The van der Waals surface area contributed by atoms with Gasteiger partial charge in [0, 0.05) is 42.1 Å². The number of nitrogens with zero attached hydrogens (tertiary/aromatic N) is 5. The lowest BCUT2D eigenvalue weighted by molar-refractivity contribution is 0.384. The molecule has 3 heterocycles. The van der Waals surface area contributed by atoms with Crippen LogP contribution in [-0.4, -0.2) is 39.9 Å². The molecule has 1 N–H and O–H groups in total. The summed E-state index contributed by atoms with van der Waals surface area (Å²) in [5.41, 5.74) is 4.57. The molecule has 0 amide bonds. The first-order valence-electron chi connectivity index (χ1n) is 11.5. The quantitative estimate of drug-likeness (QED) is 0.318. The number of hydrogen-bond acceptors (Lipinski definition) is 6. The summed E-state index contributed by atoms with van der Waals surface area (Å²) in [5, 5.41) is 8.76. The van der Waals surface area contributed by atoms with Crippen molar-refractivity contribution in [3.8, 4) is 5.75 Å². The second kappa shape index (κ2) is 9.87. The Bertz CT molecular complexity index is 1390. The SMILES string of the molecule is CCN1CCCc2ccc(Cn3cc4c(NCc5c(Cl)ccc(OC)c5F)nc(Cl)nc4n3)cc21. The van der Waals surface area contributed by atoms with Crippen molar-refractivity contribution in [1.29, 1.82) is 0 Å². The number of halogens is 3. The van der Waals surface area contributed by atoms with Crippen LogP contribution in [0.3, 0.4) is 0 Å². The van der Waals surface area contributed by atoms with Crippen LogP contribution in [0.2, 0.25) is 10.3 Å². The molecule has 0 bridgehead atoms. The lowest BCUT2D eigenvalue weighted by atomic mass is 9.99. The number of ether oxygens (including phenoxy) is 1. The molecule has 2 aromatic heterocycles. The van der Waals surface area contributed by atoms with Crippen molar-refractivity contribution < 1.29 is 9.13 Å². The number of rotatable bonds is 7. The van der Waals surface area contributed by atoms with Gasteiger partial charge in [0.1, 0.15) is 5.82 Å². The molecular formula is C25H25Cl2FN6O. The van der Waals surface area contributed by atoms with E-state index in [-0.39, 0.29) is 28.2 Å². The first-order valence-corrected chi connectivity index (χ1v) is 12.2. The highest BCUT2D eigenvalue weighted by molar-refractivity contribution is 6.31. The van der Waals surface area contributed by atoms with Gasteiger partial charge in [0.2, 0.25) is 5.28 Å². The fraction of sp³-hybridized carbons (Fsp3) is 0.320. The summed E-state index contributed by atoms with van der Waals surface area (Å²) in [6, 6.07) is 9.70. The highest BCUT2D eigenvalue weighted by atomic mass is 35.5. The Kier molecular flexibility index (Phi) is 6.67. The van der Waals surface area contributed by atoms with E-state index in [4.69, 9.17) is 27.9 Å². The Balaban J connectivity index is 1.42. The summed E-state index contributed by atoms with van der Waals surface area (Å²) in [6.45, 7) is 4.92. The summed E-state index contributed by atoms with van der Waals surface area (Å²) in [7, 11) is 1.41. The predicted molar refractivity (Wildman–Crippen MR) is 137 cm³/mol. The molecule has 0 spiro atoms. The number of nitrogens with one attached hydrogen (secondary N) is 1. The van der Waals surface area contributed by atoms with Crippen LogP contribution in [0.5, 0.6) is 5.75 Å².